The minimum absolute atomic E-state index is 0.366. The van der Waals surface area contributed by atoms with Crippen molar-refractivity contribution in [3.05, 3.63) is 0 Å². The second-order valence-corrected chi connectivity index (χ2v) is 3.88. The lowest BCUT2D eigenvalue weighted by molar-refractivity contribution is 0.0572. The second kappa shape index (κ2) is 4.83. The smallest absolute Gasteiger partial charge is 0.0625 e. The Balaban J connectivity index is 2.13. The Morgan fingerprint density at radius 1 is 1.42 bits per heavy atom. The predicted octanol–water partition coefficient (Wildman–Crippen LogP) is 1.80. The van der Waals surface area contributed by atoms with Crippen LogP contribution in [0.2, 0.25) is 0 Å². The normalized spacial score (nSPS) is 20.0. The average Bonchev–Trinajstić information content (AvgIpc) is 2.79. The molecule has 1 fully saturated rings. The fraction of sp³-hybridized carbons (Fsp3) is 1.00. The molecule has 1 rings (SSSR count). The molecule has 2 nitrogen and oxygen atoms in total. The van der Waals surface area contributed by atoms with E-state index < -0.39 is 0 Å². The minimum atomic E-state index is 0.366. The van der Waals surface area contributed by atoms with E-state index in [9.17, 15) is 0 Å². The van der Waals surface area contributed by atoms with Gasteiger partial charge in [-0.25, -0.2) is 0 Å². The van der Waals surface area contributed by atoms with Crippen LogP contribution in [0.25, 0.3) is 0 Å². The Labute approximate surface area is 75.7 Å². The van der Waals surface area contributed by atoms with E-state index in [1.54, 1.807) is 0 Å². The third-order valence-corrected chi connectivity index (χ3v) is 2.27. The van der Waals surface area contributed by atoms with Crippen molar-refractivity contribution in [3.8, 4) is 0 Å². The van der Waals surface area contributed by atoms with E-state index >= 15 is 0 Å². The van der Waals surface area contributed by atoms with Gasteiger partial charge in [0, 0.05) is 6.04 Å². The molecule has 0 radical (unpaired) electrons. The maximum Gasteiger partial charge on any atom is 0.0625 e. The van der Waals surface area contributed by atoms with Gasteiger partial charge in [-0.15, -0.1) is 0 Å². The van der Waals surface area contributed by atoms with Crippen LogP contribution in [-0.2, 0) is 4.74 Å². The van der Waals surface area contributed by atoms with Crippen LogP contribution in [-0.4, -0.2) is 25.3 Å². The molecule has 0 aromatic carbocycles. The van der Waals surface area contributed by atoms with Gasteiger partial charge in [-0.3, -0.25) is 0 Å². The summed E-state index contributed by atoms with van der Waals surface area (Å²) in [6, 6.07) is 0.609. The molecule has 2 heteroatoms. The molecule has 0 heterocycles. The Hall–Kier alpha value is -0.0800. The summed E-state index contributed by atoms with van der Waals surface area (Å²) in [5.41, 5.74) is 0. The Bertz CT molecular complexity index is 121. The fourth-order valence-corrected chi connectivity index (χ4v) is 1.42. The quantitative estimate of drug-likeness (QED) is 0.658. The van der Waals surface area contributed by atoms with Crippen molar-refractivity contribution in [1.82, 2.24) is 5.32 Å². The van der Waals surface area contributed by atoms with E-state index in [4.69, 9.17) is 4.74 Å². The molecule has 1 aliphatic rings. The summed E-state index contributed by atoms with van der Waals surface area (Å²) in [6.07, 6.45) is 3.14. The van der Waals surface area contributed by atoms with Gasteiger partial charge in [-0.05, 0) is 39.2 Å². The number of likely N-dealkylation sites (N-methyl/N-ethyl adjacent to an activating group) is 1. The predicted molar refractivity (Wildman–Crippen MR) is 51.3 cm³/mol. The first-order valence-corrected chi connectivity index (χ1v) is 5.09. The molecule has 1 N–H and O–H groups in total. The molecule has 1 saturated carbocycles. The third kappa shape index (κ3) is 3.55. The number of hydrogen-bond acceptors (Lipinski definition) is 2. The van der Waals surface area contributed by atoms with Crippen LogP contribution >= 0.6 is 0 Å². The lowest BCUT2D eigenvalue weighted by Crippen LogP contribution is -2.36. The maximum atomic E-state index is 5.60. The first-order valence-electron chi connectivity index (χ1n) is 5.09. The van der Waals surface area contributed by atoms with E-state index in [0.29, 0.717) is 12.1 Å². The average molecular weight is 171 g/mol. The van der Waals surface area contributed by atoms with E-state index in [2.05, 4.69) is 26.1 Å². The molecular formula is C10H21NO. The largest absolute Gasteiger partial charge is 0.377 e. The zero-order valence-corrected chi connectivity index (χ0v) is 8.47. The number of ether oxygens (including phenoxy) is 1. The van der Waals surface area contributed by atoms with Gasteiger partial charge in [0.1, 0.15) is 0 Å². The second-order valence-electron chi connectivity index (χ2n) is 3.88. The van der Waals surface area contributed by atoms with Gasteiger partial charge in [0.2, 0.25) is 0 Å². The first-order chi connectivity index (χ1) is 5.74. The number of nitrogens with one attached hydrogen (secondary N) is 1. The highest BCUT2D eigenvalue weighted by molar-refractivity contribution is 4.85. The molecule has 0 spiro atoms. The van der Waals surface area contributed by atoms with E-state index in [1.807, 2.05) is 0 Å². The standard InChI is InChI=1S/C10H21NO/c1-4-11-10(9-5-6-9)7-12-8(2)3/h8-11H,4-7H2,1-3H3. The monoisotopic (exact) mass is 171 g/mol. The van der Waals surface area contributed by atoms with Gasteiger partial charge in [0.05, 0.1) is 12.7 Å². The molecule has 0 aromatic rings. The van der Waals surface area contributed by atoms with Crippen molar-refractivity contribution in [3.63, 3.8) is 0 Å². The molecule has 12 heavy (non-hydrogen) atoms. The highest BCUT2D eigenvalue weighted by atomic mass is 16.5. The van der Waals surface area contributed by atoms with Gasteiger partial charge in [-0.2, -0.15) is 0 Å². The highest BCUT2D eigenvalue weighted by Gasteiger charge is 2.30. The van der Waals surface area contributed by atoms with E-state index in [-0.39, 0.29) is 0 Å². The van der Waals surface area contributed by atoms with Gasteiger partial charge in [0.15, 0.2) is 0 Å². The number of rotatable bonds is 6. The highest BCUT2D eigenvalue weighted by Crippen LogP contribution is 2.32. The van der Waals surface area contributed by atoms with Crippen LogP contribution < -0.4 is 5.32 Å². The zero-order chi connectivity index (χ0) is 8.97. The lowest BCUT2D eigenvalue weighted by atomic mass is 10.2. The van der Waals surface area contributed by atoms with Crippen LogP contribution in [0.15, 0.2) is 0 Å². The Kier molecular flexibility index (Phi) is 4.02. The third-order valence-electron chi connectivity index (χ3n) is 2.27. The van der Waals surface area contributed by atoms with Crippen molar-refractivity contribution < 1.29 is 4.74 Å². The van der Waals surface area contributed by atoms with Crippen molar-refractivity contribution in [2.75, 3.05) is 13.2 Å². The van der Waals surface area contributed by atoms with Crippen LogP contribution in [0.1, 0.15) is 33.6 Å². The summed E-state index contributed by atoms with van der Waals surface area (Å²) in [6.45, 7) is 8.29. The summed E-state index contributed by atoms with van der Waals surface area (Å²) < 4.78 is 5.60. The topological polar surface area (TPSA) is 21.3 Å². The summed E-state index contributed by atoms with van der Waals surface area (Å²) in [5.74, 6) is 0.892. The van der Waals surface area contributed by atoms with Gasteiger partial charge < -0.3 is 10.1 Å². The molecule has 0 saturated heterocycles. The summed E-state index contributed by atoms with van der Waals surface area (Å²) >= 11 is 0. The van der Waals surface area contributed by atoms with Crippen molar-refractivity contribution in [1.29, 1.82) is 0 Å². The SMILES string of the molecule is CCNC(COC(C)C)C1CC1. The first kappa shape index (κ1) is 10.0. The van der Waals surface area contributed by atoms with Crippen LogP contribution in [0.5, 0.6) is 0 Å². The van der Waals surface area contributed by atoms with Crippen molar-refractivity contribution in [2.45, 2.75) is 45.8 Å². The Morgan fingerprint density at radius 3 is 2.50 bits per heavy atom. The molecule has 1 unspecified atom stereocenters. The van der Waals surface area contributed by atoms with Crippen LogP contribution in [0, 0.1) is 5.92 Å². The molecule has 0 bridgehead atoms. The molecule has 1 atom stereocenters. The lowest BCUT2D eigenvalue weighted by Gasteiger charge is -2.18. The van der Waals surface area contributed by atoms with Crippen molar-refractivity contribution in [2.24, 2.45) is 5.92 Å². The summed E-state index contributed by atoms with van der Waals surface area (Å²) in [4.78, 5) is 0. The molecule has 0 aliphatic heterocycles. The minimum Gasteiger partial charge on any atom is -0.377 e. The van der Waals surface area contributed by atoms with Gasteiger partial charge in [-0.1, -0.05) is 6.92 Å². The summed E-state index contributed by atoms with van der Waals surface area (Å²) in [7, 11) is 0. The zero-order valence-electron chi connectivity index (χ0n) is 8.47. The van der Waals surface area contributed by atoms with Crippen LogP contribution in [0.4, 0.5) is 0 Å². The molecule has 0 amide bonds. The number of hydrogen-bond donors (Lipinski definition) is 1. The van der Waals surface area contributed by atoms with Gasteiger partial charge >= 0.3 is 0 Å². The molecule has 0 aromatic heterocycles. The Morgan fingerprint density at radius 2 is 2.08 bits per heavy atom. The molecule has 1 aliphatic carbocycles. The van der Waals surface area contributed by atoms with E-state index in [1.165, 1.54) is 12.8 Å². The summed E-state index contributed by atoms with van der Waals surface area (Å²) in [5, 5.41) is 3.47. The molecular weight excluding hydrogens is 150 g/mol. The van der Waals surface area contributed by atoms with E-state index in [0.717, 1.165) is 19.1 Å². The van der Waals surface area contributed by atoms with Crippen LogP contribution in [0.3, 0.4) is 0 Å². The van der Waals surface area contributed by atoms with Crippen molar-refractivity contribution >= 4 is 0 Å². The van der Waals surface area contributed by atoms with Gasteiger partial charge in [0.25, 0.3) is 0 Å². The maximum absolute atomic E-state index is 5.60. The molecule has 72 valence electrons. The fourth-order valence-electron chi connectivity index (χ4n) is 1.42.